The average Bonchev–Trinajstić information content (AvgIpc) is 3.03. The summed E-state index contributed by atoms with van der Waals surface area (Å²) in [4.78, 5) is 14.2. The standard InChI is InChI=1S/C35H35F8N2O2.ClH.2H2O/c36-29-7-6-26(19-30(29)37)33(11-15-45-12-8-32(9-13-45,10-14-45)20-24-4-2-1-3-5-24)23-44(31(46)22-47-33)21-25-16-27(34(38,39)40)18-28(17-25)35(41,42)43;;;/h1-7,16-19H,8-15,20-23H2;1H;2*1H2/q+1;;;/p-1. The Bertz CT molecular complexity index is 1580. The van der Waals surface area contributed by atoms with Crippen molar-refractivity contribution in [2.75, 3.05) is 39.3 Å². The molecule has 50 heavy (non-hydrogen) atoms. The molecule has 7 rings (SSSR count). The molecule has 1 unspecified atom stereocenters. The highest BCUT2D eigenvalue weighted by molar-refractivity contribution is 5.78. The van der Waals surface area contributed by atoms with E-state index in [1.54, 1.807) is 0 Å². The zero-order valence-electron chi connectivity index (χ0n) is 26.9. The molecular weight excluding hydrogens is 700 g/mol. The SMILES string of the molecule is O.O.O=C1COC(CC[N+]23CCC(Cc4ccccc4)(CC2)CC3)(c2ccc(F)c(F)c2)CN1Cc1cc(C(F)(F)F)cc(C(F)(F)F)c1.[Cl-]. The molecule has 276 valence electrons. The number of alkyl halides is 6. The summed E-state index contributed by atoms with van der Waals surface area (Å²) in [6.07, 6.45) is -5.76. The highest BCUT2D eigenvalue weighted by atomic mass is 35.5. The third kappa shape index (κ3) is 8.59. The number of carbonyl (C=O) groups excluding carboxylic acids is 1. The molecule has 4 saturated heterocycles. The minimum absolute atomic E-state index is 0. The first-order valence-electron chi connectivity index (χ1n) is 15.6. The normalized spacial score (nSPS) is 25.0. The number of piperidine rings is 3. The lowest BCUT2D eigenvalue weighted by Crippen LogP contribution is -3.00. The van der Waals surface area contributed by atoms with Gasteiger partial charge < -0.3 is 37.5 Å². The number of hydrogen-bond donors (Lipinski definition) is 0. The van der Waals surface area contributed by atoms with Crippen LogP contribution in [0, 0.1) is 17.0 Å². The van der Waals surface area contributed by atoms with E-state index in [2.05, 4.69) is 12.1 Å². The van der Waals surface area contributed by atoms with Crippen molar-refractivity contribution in [1.29, 1.82) is 0 Å². The van der Waals surface area contributed by atoms with Gasteiger partial charge in [0.25, 0.3) is 0 Å². The van der Waals surface area contributed by atoms with Crippen LogP contribution in [0.15, 0.2) is 66.7 Å². The molecule has 4 heterocycles. The molecular formula is C35H39ClF8N2O4. The molecule has 6 nitrogen and oxygen atoms in total. The van der Waals surface area contributed by atoms with Gasteiger partial charge in [0.15, 0.2) is 11.6 Å². The number of morpholine rings is 1. The summed E-state index contributed by atoms with van der Waals surface area (Å²) in [6, 6.07) is 14.9. The summed E-state index contributed by atoms with van der Waals surface area (Å²) >= 11 is 0. The van der Waals surface area contributed by atoms with Crippen LogP contribution < -0.4 is 12.4 Å². The highest BCUT2D eigenvalue weighted by Crippen LogP contribution is 2.47. The zero-order chi connectivity index (χ0) is 33.7. The summed E-state index contributed by atoms with van der Waals surface area (Å²) in [6.45, 7) is 1.99. The van der Waals surface area contributed by atoms with Crippen molar-refractivity contribution in [2.45, 2.75) is 56.6 Å². The topological polar surface area (TPSA) is 92.5 Å². The van der Waals surface area contributed by atoms with Gasteiger partial charge in [0.05, 0.1) is 43.9 Å². The number of carbonyl (C=O) groups is 1. The van der Waals surface area contributed by atoms with Crippen molar-refractivity contribution in [3.05, 3.63) is 106 Å². The number of halogens is 9. The van der Waals surface area contributed by atoms with E-state index in [4.69, 9.17) is 4.74 Å². The first kappa shape index (κ1) is 41.1. The average molecular weight is 739 g/mol. The van der Waals surface area contributed by atoms with Crippen LogP contribution in [-0.2, 0) is 40.5 Å². The number of fused-ring (bicyclic) bond motifs is 3. The monoisotopic (exact) mass is 738 g/mol. The molecule has 0 saturated carbocycles. The number of hydrogen-bond acceptors (Lipinski definition) is 2. The van der Waals surface area contributed by atoms with Crippen molar-refractivity contribution in [1.82, 2.24) is 4.90 Å². The van der Waals surface area contributed by atoms with Gasteiger partial charge in [-0.3, -0.25) is 4.79 Å². The van der Waals surface area contributed by atoms with E-state index in [9.17, 15) is 39.9 Å². The Kier molecular flexibility index (Phi) is 12.4. The predicted molar refractivity (Wildman–Crippen MR) is 164 cm³/mol. The van der Waals surface area contributed by atoms with Crippen molar-refractivity contribution in [3.63, 3.8) is 0 Å². The first-order chi connectivity index (χ1) is 22.1. The summed E-state index contributed by atoms with van der Waals surface area (Å²) in [5.74, 6) is -2.85. The van der Waals surface area contributed by atoms with E-state index in [0.29, 0.717) is 18.7 Å². The minimum Gasteiger partial charge on any atom is -1.00 e. The number of benzene rings is 3. The van der Waals surface area contributed by atoms with Gasteiger partial charge in [-0.25, -0.2) is 8.78 Å². The molecule has 3 aromatic carbocycles. The second kappa shape index (κ2) is 15.1. The van der Waals surface area contributed by atoms with Crippen molar-refractivity contribution in [2.24, 2.45) is 5.41 Å². The van der Waals surface area contributed by atoms with Gasteiger partial charge in [0, 0.05) is 32.2 Å². The van der Waals surface area contributed by atoms with Gasteiger partial charge in [-0.15, -0.1) is 0 Å². The number of ether oxygens (including phenoxy) is 1. The van der Waals surface area contributed by atoms with Crippen LogP contribution in [0.4, 0.5) is 35.1 Å². The Labute approximate surface area is 290 Å². The van der Waals surface area contributed by atoms with Gasteiger partial charge in [0.1, 0.15) is 12.2 Å². The van der Waals surface area contributed by atoms with Crippen LogP contribution in [0.25, 0.3) is 0 Å². The first-order valence-corrected chi connectivity index (χ1v) is 15.6. The fourth-order valence-corrected chi connectivity index (χ4v) is 7.64. The Morgan fingerprint density at radius 1 is 0.760 bits per heavy atom. The van der Waals surface area contributed by atoms with Gasteiger partial charge in [0.2, 0.25) is 5.91 Å². The number of rotatable bonds is 8. The molecule has 4 aliphatic heterocycles. The molecule has 0 spiro atoms. The summed E-state index contributed by atoms with van der Waals surface area (Å²) in [7, 11) is 0. The Balaban J connectivity index is 0.00000225. The molecule has 0 aromatic heterocycles. The maximum absolute atomic E-state index is 14.6. The van der Waals surface area contributed by atoms with Gasteiger partial charge in [-0.05, 0) is 58.9 Å². The molecule has 15 heteroatoms. The van der Waals surface area contributed by atoms with E-state index in [1.807, 2.05) is 18.2 Å². The van der Waals surface area contributed by atoms with Gasteiger partial charge in [-0.1, -0.05) is 36.4 Å². The van der Waals surface area contributed by atoms with Crippen LogP contribution in [0.5, 0.6) is 0 Å². The second-order valence-corrected chi connectivity index (χ2v) is 13.5. The maximum Gasteiger partial charge on any atom is 0.416 e. The summed E-state index contributed by atoms with van der Waals surface area (Å²) in [5, 5.41) is 0. The molecule has 4 fully saturated rings. The molecule has 3 aromatic rings. The Morgan fingerprint density at radius 3 is 1.88 bits per heavy atom. The van der Waals surface area contributed by atoms with Crippen molar-refractivity contribution >= 4 is 5.91 Å². The zero-order valence-corrected chi connectivity index (χ0v) is 27.7. The molecule has 0 radical (unpaired) electrons. The molecule has 4 aliphatic rings. The van der Waals surface area contributed by atoms with Crippen LogP contribution in [0.3, 0.4) is 0 Å². The van der Waals surface area contributed by atoms with E-state index in [0.717, 1.165) is 66.8 Å². The Hall–Kier alpha value is -3.30. The van der Waals surface area contributed by atoms with Gasteiger partial charge in [-0.2, -0.15) is 26.3 Å². The van der Waals surface area contributed by atoms with E-state index in [-0.39, 0.29) is 58.9 Å². The lowest BCUT2D eigenvalue weighted by molar-refractivity contribution is -0.946. The van der Waals surface area contributed by atoms with Crippen LogP contribution >= 0.6 is 0 Å². The largest absolute Gasteiger partial charge is 1.00 e. The molecule has 0 aliphatic carbocycles. The predicted octanol–water partition coefficient (Wildman–Crippen LogP) is 3.24. The highest BCUT2D eigenvalue weighted by Gasteiger charge is 2.51. The van der Waals surface area contributed by atoms with Crippen molar-refractivity contribution in [3.8, 4) is 0 Å². The minimum atomic E-state index is -5.05. The summed E-state index contributed by atoms with van der Waals surface area (Å²) in [5.41, 5.74) is -2.92. The Morgan fingerprint density at radius 2 is 1.34 bits per heavy atom. The van der Waals surface area contributed by atoms with E-state index >= 15 is 0 Å². The van der Waals surface area contributed by atoms with Crippen LogP contribution in [-0.4, -0.2) is 65.6 Å². The lowest BCUT2D eigenvalue weighted by Gasteiger charge is -2.56. The molecule has 4 N–H and O–H groups in total. The lowest BCUT2D eigenvalue weighted by atomic mass is 9.67. The second-order valence-electron chi connectivity index (χ2n) is 13.5. The fraction of sp³-hybridized carbons (Fsp3) is 0.457. The quantitative estimate of drug-likeness (QED) is 0.263. The molecule has 1 atom stereocenters. The number of amides is 1. The summed E-state index contributed by atoms with van der Waals surface area (Å²) < 4.78 is 117. The third-order valence-corrected chi connectivity index (χ3v) is 10.5. The number of nitrogens with zero attached hydrogens (tertiary/aromatic N) is 2. The fourth-order valence-electron chi connectivity index (χ4n) is 7.64. The van der Waals surface area contributed by atoms with Crippen LogP contribution in [0.1, 0.15) is 53.5 Å². The van der Waals surface area contributed by atoms with Gasteiger partial charge >= 0.3 is 12.4 Å². The number of quaternary nitrogens is 1. The van der Waals surface area contributed by atoms with Crippen molar-refractivity contribution < 1.29 is 72.5 Å². The molecule has 2 bridgehead atoms. The smallest absolute Gasteiger partial charge is 0.416 e. The van der Waals surface area contributed by atoms with Crippen LogP contribution in [0.2, 0.25) is 0 Å². The maximum atomic E-state index is 14.6. The van der Waals surface area contributed by atoms with E-state index in [1.165, 1.54) is 11.6 Å². The van der Waals surface area contributed by atoms with E-state index < -0.39 is 59.8 Å². The third-order valence-electron chi connectivity index (χ3n) is 10.5. The molecule has 1 amide bonds.